The van der Waals surface area contributed by atoms with E-state index in [1.165, 1.54) is 0 Å². The van der Waals surface area contributed by atoms with Gasteiger partial charge in [0.1, 0.15) is 122 Å². The Morgan fingerprint density at radius 2 is 0.800 bits per heavy atom. The average Bonchev–Trinajstić information content (AvgIpc) is 3.17. The second kappa shape index (κ2) is 18.1. The minimum atomic E-state index is -2.11. The molecule has 6 saturated heterocycles. The SMILES string of the molecule is OC[C@H]1O[C@@H](O[C@@H]2[C@@H](O)[C@H]3O[C@@H]4[C@@H](O)[C@@H](OC[C@H]5O[C@H](O[C@@H]6[C@@H](O)[C@@H](OC[C@@H](O3)[C@H]2O)O[C@H](CO)[C@H]6O)[C@H](O)[C@@H](O)[C@@H]5O)O[C@H](CO)[C@H]4O)[C@H](O)[C@@H](O)[C@H]1O. The quantitative estimate of drug-likeness (QED) is 0.123. The summed E-state index contributed by atoms with van der Waals surface area (Å²) in [7, 11) is 0. The van der Waals surface area contributed by atoms with Crippen molar-refractivity contribution >= 4 is 0 Å². The third-order valence-electron chi connectivity index (χ3n) is 10.5. The molecule has 0 saturated carbocycles. The lowest BCUT2D eigenvalue weighted by Crippen LogP contribution is -2.68. The van der Waals surface area contributed by atoms with E-state index in [1.54, 1.807) is 0 Å². The molecular formula is C30H50O25. The van der Waals surface area contributed by atoms with Gasteiger partial charge < -0.3 is 124 Å². The molecule has 6 heterocycles. The first kappa shape index (κ1) is 43.6. The molecule has 6 fully saturated rings. The van der Waals surface area contributed by atoms with Crippen LogP contribution in [0.4, 0.5) is 0 Å². The summed E-state index contributed by atoms with van der Waals surface area (Å²) in [5, 5.41) is 160. The molecule has 6 rings (SSSR count). The summed E-state index contributed by atoms with van der Waals surface area (Å²) in [6.07, 6.45) is -46.2. The first-order valence-corrected chi connectivity index (χ1v) is 17.6. The summed E-state index contributed by atoms with van der Waals surface area (Å²) < 4.78 is 56.2. The molecule has 0 aliphatic carbocycles. The number of rotatable bonds is 5. The van der Waals surface area contributed by atoms with Gasteiger partial charge >= 0.3 is 0 Å². The van der Waals surface area contributed by atoms with E-state index in [1.807, 2.05) is 0 Å². The van der Waals surface area contributed by atoms with Gasteiger partial charge in [0.25, 0.3) is 0 Å². The summed E-state index contributed by atoms with van der Waals surface area (Å²) in [6, 6.07) is 0. The van der Waals surface area contributed by atoms with Crippen molar-refractivity contribution in [1.82, 2.24) is 0 Å². The monoisotopic (exact) mass is 810 g/mol. The van der Waals surface area contributed by atoms with E-state index in [0.29, 0.717) is 0 Å². The molecule has 0 aromatic carbocycles. The highest BCUT2D eigenvalue weighted by atomic mass is 16.8. The van der Waals surface area contributed by atoms with Crippen molar-refractivity contribution in [1.29, 1.82) is 0 Å². The molecule has 6 aliphatic rings. The second-order valence-electron chi connectivity index (χ2n) is 14.1. The van der Waals surface area contributed by atoms with Crippen molar-refractivity contribution in [3.63, 3.8) is 0 Å². The lowest BCUT2D eigenvalue weighted by Gasteiger charge is -2.49. The van der Waals surface area contributed by atoms with Crippen LogP contribution in [0.25, 0.3) is 0 Å². The first-order chi connectivity index (χ1) is 26.1. The summed E-state index contributed by atoms with van der Waals surface area (Å²) in [5.41, 5.74) is 0. The zero-order chi connectivity index (χ0) is 40.0. The minimum absolute atomic E-state index is 0.747. The van der Waals surface area contributed by atoms with Crippen LogP contribution in [0.3, 0.4) is 0 Å². The maximum atomic E-state index is 11.4. The van der Waals surface area contributed by atoms with Crippen LogP contribution < -0.4 is 0 Å². The van der Waals surface area contributed by atoms with Crippen LogP contribution in [-0.4, -0.2) is 263 Å². The molecule has 0 spiro atoms. The fourth-order valence-electron chi connectivity index (χ4n) is 7.21. The molecule has 0 unspecified atom stereocenters. The zero-order valence-electron chi connectivity index (χ0n) is 28.8. The second-order valence-corrected chi connectivity index (χ2v) is 14.1. The lowest BCUT2D eigenvalue weighted by atomic mass is 9.95. The Labute approximate surface area is 310 Å². The van der Waals surface area contributed by atoms with E-state index < -0.39 is 187 Å². The van der Waals surface area contributed by atoms with Crippen molar-refractivity contribution in [2.45, 2.75) is 154 Å². The van der Waals surface area contributed by atoms with E-state index in [2.05, 4.69) is 0 Å². The van der Waals surface area contributed by atoms with E-state index in [-0.39, 0.29) is 0 Å². The molecule has 0 aromatic heterocycles. The Morgan fingerprint density at radius 3 is 1.29 bits per heavy atom. The molecule has 8 bridgehead atoms. The van der Waals surface area contributed by atoms with Crippen LogP contribution in [0, 0.1) is 0 Å². The van der Waals surface area contributed by atoms with Gasteiger partial charge in [-0.05, 0) is 0 Å². The van der Waals surface area contributed by atoms with Crippen molar-refractivity contribution in [3.8, 4) is 0 Å². The number of aliphatic hydroxyl groups is 15. The average molecular weight is 811 g/mol. The minimum Gasteiger partial charge on any atom is -0.394 e. The van der Waals surface area contributed by atoms with Gasteiger partial charge in [-0.15, -0.1) is 0 Å². The Morgan fingerprint density at radius 1 is 0.364 bits per heavy atom. The van der Waals surface area contributed by atoms with Gasteiger partial charge in [0, 0.05) is 0 Å². The highest BCUT2D eigenvalue weighted by molar-refractivity contribution is 4.99. The van der Waals surface area contributed by atoms with Crippen LogP contribution >= 0.6 is 0 Å². The lowest BCUT2D eigenvalue weighted by molar-refractivity contribution is -0.393. The van der Waals surface area contributed by atoms with Crippen LogP contribution in [0.15, 0.2) is 0 Å². The number of hydrogen-bond donors (Lipinski definition) is 15. The van der Waals surface area contributed by atoms with Crippen molar-refractivity contribution in [3.05, 3.63) is 0 Å². The summed E-state index contributed by atoms with van der Waals surface area (Å²) in [6.45, 7) is -4.18. The molecule has 25 atom stereocenters. The maximum Gasteiger partial charge on any atom is 0.187 e. The number of fused-ring (bicyclic) bond motifs is 8. The Bertz CT molecular complexity index is 1220. The smallest absolute Gasteiger partial charge is 0.187 e. The van der Waals surface area contributed by atoms with Gasteiger partial charge in [0.15, 0.2) is 31.5 Å². The van der Waals surface area contributed by atoms with E-state index in [4.69, 9.17) is 47.4 Å². The van der Waals surface area contributed by atoms with Crippen LogP contribution in [0.2, 0.25) is 0 Å². The van der Waals surface area contributed by atoms with Gasteiger partial charge in [0.2, 0.25) is 0 Å². The van der Waals surface area contributed by atoms with Gasteiger partial charge in [0.05, 0.1) is 33.0 Å². The summed E-state index contributed by atoms with van der Waals surface area (Å²) in [5.74, 6) is 0. The molecule has 15 N–H and O–H groups in total. The Hall–Kier alpha value is -1.00. The van der Waals surface area contributed by atoms with E-state index in [0.717, 1.165) is 0 Å². The highest BCUT2D eigenvalue weighted by Gasteiger charge is 2.56. The normalized spacial score (nSPS) is 55.6. The Balaban J connectivity index is 1.34. The predicted molar refractivity (Wildman–Crippen MR) is 163 cm³/mol. The van der Waals surface area contributed by atoms with Crippen molar-refractivity contribution in [2.75, 3.05) is 33.0 Å². The Kier molecular flexibility index (Phi) is 14.3. The molecule has 55 heavy (non-hydrogen) atoms. The molecule has 320 valence electrons. The van der Waals surface area contributed by atoms with Gasteiger partial charge in [-0.25, -0.2) is 0 Å². The first-order valence-electron chi connectivity index (χ1n) is 17.6. The van der Waals surface area contributed by atoms with Crippen LogP contribution in [0.5, 0.6) is 0 Å². The van der Waals surface area contributed by atoms with E-state index in [9.17, 15) is 76.6 Å². The summed E-state index contributed by atoms with van der Waals surface area (Å²) >= 11 is 0. The van der Waals surface area contributed by atoms with Crippen LogP contribution in [-0.2, 0) is 47.4 Å². The van der Waals surface area contributed by atoms with Crippen molar-refractivity contribution in [2.24, 2.45) is 0 Å². The number of ether oxygens (including phenoxy) is 10. The van der Waals surface area contributed by atoms with Gasteiger partial charge in [-0.1, -0.05) is 0 Å². The van der Waals surface area contributed by atoms with Gasteiger partial charge in [-0.3, -0.25) is 0 Å². The fraction of sp³-hybridized carbons (Fsp3) is 1.00. The third kappa shape index (κ3) is 8.55. The number of aliphatic hydroxyl groups excluding tert-OH is 15. The predicted octanol–water partition coefficient (Wildman–Crippen LogP) is -10.9. The number of hydrogen-bond acceptors (Lipinski definition) is 25. The van der Waals surface area contributed by atoms with Gasteiger partial charge in [-0.2, -0.15) is 0 Å². The highest BCUT2D eigenvalue weighted by Crippen LogP contribution is 2.35. The molecule has 0 amide bonds. The van der Waals surface area contributed by atoms with Crippen LogP contribution in [0.1, 0.15) is 0 Å². The molecule has 25 heteroatoms. The largest absolute Gasteiger partial charge is 0.394 e. The standard InChI is InChI=1S/C30H50O25/c31-1-6-11(34)16(39)18(41)28(50-6)54-25-15(38)10-5-47-27-20(43)23(13(36)7(2-32)49-27)53-29-19(42)17(40)12(35)9(51-29)4-46-26-21(44)24(14(37)8(3-33)48-26)55-30(52-10)22(25)45/h6-45H,1-5H2/t6-,7-,8-,9-,10-,11+,12-,13-,14-,15-,16+,17+,18-,19-,20-,21-,22-,23+,24+,25+,26+,27+,28+,29-,30-/m1/s1. The molecule has 25 nitrogen and oxygen atoms in total. The maximum absolute atomic E-state index is 11.4. The zero-order valence-corrected chi connectivity index (χ0v) is 28.8. The summed E-state index contributed by atoms with van der Waals surface area (Å²) in [4.78, 5) is 0. The molecule has 0 radical (unpaired) electrons. The molecule has 0 aromatic rings. The van der Waals surface area contributed by atoms with E-state index >= 15 is 0 Å². The molecular weight excluding hydrogens is 760 g/mol. The topological polar surface area (TPSA) is 396 Å². The van der Waals surface area contributed by atoms with Crippen molar-refractivity contribution < 1.29 is 124 Å². The third-order valence-corrected chi connectivity index (χ3v) is 10.5. The fourth-order valence-corrected chi connectivity index (χ4v) is 7.21. The molecule has 6 aliphatic heterocycles.